The van der Waals surface area contributed by atoms with Crippen molar-refractivity contribution in [3.05, 3.63) is 11.1 Å². The summed E-state index contributed by atoms with van der Waals surface area (Å²) in [4.78, 5) is 2.54. The fourth-order valence-electron chi connectivity index (χ4n) is 2.04. The summed E-state index contributed by atoms with van der Waals surface area (Å²) >= 11 is 3.44. The van der Waals surface area contributed by atoms with Crippen molar-refractivity contribution in [3.8, 4) is 0 Å². The molecule has 0 radical (unpaired) electrons. The molecular weight excluding hydrogens is 226 g/mol. The fourth-order valence-corrected chi connectivity index (χ4v) is 2.36. The minimum absolute atomic E-state index is 0.733. The number of likely N-dealkylation sites (tertiary alicyclic amines) is 1. The minimum Gasteiger partial charge on any atom is -0.296 e. The van der Waals surface area contributed by atoms with Gasteiger partial charge in [-0.05, 0) is 25.7 Å². The summed E-state index contributed by atoms with van der Waals surface area (Å²) in [6.45, 7) is 10.8. The highest BCUT2D eigenvalue weighted by Gasteiger charge is 2.23. The lowest BCUT2D eigenvalue weighted by molar-refractivity contribution is 0.129. The standard InChI is InChI=1S/C11H20BrN/c1-4-11-6-5-10(3)13(8-11)7-9(2)12/h10-11H,2,4-8H2,1,3H3/t10-,11-/m1/s1. The molecule has 1 fully saturated rings. The molecule has 1 aliphatic rings. The van der Waals surface area contributed by atoms with Crippen molar-refractivity contribution in [2.75, 3.05) is 13.1 Å². The maximum atomic E-state index is 3.91. The van der Waals surface area contributed by atoms with E-state index in [0.29, 0.717) is 0 Å². The summed E-state index contributed by atoms with van der Waals surface area (Å²) in [6.07, 6.45) is 4.07. The SMILES string of the molecule is C=C(Br)CN1C[C@H](CC)CC[C@H]1C. The molecule has 2 atom stereocenters. The second-order valence-electron chi connectivity index (χ2n) is 4.15. The average molecular weight is 246 g/mol. The summed E-state index contributed by atoms with van der Waals surface area (Å²) in [7, 11) is 0. The number of piperidine rings is 1. The van der Waals surface area contributed by atoms with Crippen molar-refractivity contribution in [3.63, 3.8) is 0 Å². The molecule has 0 spiro atoms. The lowest BCUT2D eigenvalue weighted by Crippen LogP contribution is -2.42. The summed E-state index contributed by atoms with van der Waals surface area (Å²) in [5, 5.41) is 0. The van der Waals surface area contributed by atoms with Gasteiger partial charge in [-0.25, -0.2) is 0 Å². The van der Waals surface area contributed by atoms with Gasteiger partial charge in [-0.15, -0.1) is 0 Å². The van der Waals surface area contributed by atoms with Crippen LogP contribution in [0.2, 0.25) is 0 Å². The van der Waals surface area contributed by atoms with Crippen LogP contribution in [0.15, 0.2) is 11.1 Å². The molecule has 0 saturated carbocycles. The maximum absolute atomic E-state index is 3.91. The molecule has 0 aromatic rings. The second-order valence-corrected chi connectivity index (χ2v) is 5.27. The van der Waals surface area contributed by atoms with Crippen LogP contribution in [0.3, 0.4) is 0 Å². The highest BCUT2D eigenvalue weighted by atomic mass is 79.9. The molecule has 0 N–H and O–H groups in total. The van der Waals surface area contributed by atoms with Gasteiger partial charge in [-0.2, -0.15) is 0 Å². The normalized spacial score (nSPS) is 30.4. The Kier molecular flexibility index (Phi) is 4.47. The van der Waals surface area contributed by atoms with Gasteiger partial charge in [0.2, 0.25) is 0 Å². The predicted molar refractivity (Wildman–Crippen MR) is 62.1 cm³/mol. The van der Waals surface area contributed by atoms with Gasteiger partial charge in [0.15, 0.2) is 0 Å². The number of hydrogen-bond donors (Lipinski definition) is 0. The van der Waals surface area contributed by atoms with E-state index in [9.17, 15) is 0 Å². The average Bonchev–Trinajstić information content (AvgIpc) is 2.08. The molecule has 1 saturated heterocycles. The molecule has 0 aliphatic carbocycles. The Morgan fingerprint density at radius 2 is 2.23 bits per heavy atom. The van der Waals surface area contributed by atoms with Crippen molar-refractivity contribution in [2.45, 2.75) is 39.2 Å². The third-order valence-electron chi connectivity index (χ3n) is 3.06. The maximum Gasteiger partial charge on any atom is 0.0296 e. The Morgan fingerprint density at radius 1 is 1.54 bits per heavy atom. The van der Waals surface area contributed by atoms with E-state index in [2.05, 4.69) is 41.3 Å². The predicted octanol–water partition coefficient (Wildman–Crippen LogP) is 3.41. The first-order valence-corrected chi connectivity index (χ1v) is 6.00. The Labute approximate surface area is 90.3 Å². The minimum atomic E-state index is 0.733. The van der Waals surface area contributed by atoms with Crippen molar-refractivity contribution in [2.24, 2.45) is 5.92 Å². The number of hydrogen-bond acceptors (Lipinski definition) is 1. The van der Waals surface area contributed by atoms with E-state index < -0.39 is 0 Å². The lowest BCUT2D eigenvalue weighted by atomic mass is 9.91. The first-order chi connectivity index (χ1) is 6.13. The van der Waals surface area contributed by atoms with Gasteiger partial charge >= 0.3 is 0 Å². The third-order valence-corrected chi connectivity index (χ3v) is 3.31. The lowest BCUT2D eigenvalue weighted by Gasteiger charge is -2.37. The van der Waals surface area contributed by atoms with Crippen molar-refractivity contribution in [1.29, 1.82) is 0 Å². The first kappa shape index (κ1) is 11.3. The van der Waals surface area contributed by atoms with Crippen LogP contribution in [0.5, 0.6) is 0 Å². The molecular formula is C11H20BrN. The van der Waals surface area contributed by atoms with Crippen molar-refractivity contribution in [1.82, 2.24) is 4.90 Å². The van der Waals surface area contributed by atoms with E-state index in [-0.39, 0.29) is 0 Å². The van der Waals surface area contributed by atoms with E-state index >= 15 is 0 Å². The molecule has 1 heterocycles. The van der Waals surface area contributed by atoms with E-state index in [4.69, 9.17) is 0 Å². The van der Waals surface area contributed by atoms with Gasteiger partial charge in [-0.1, -0.05) is 35.9 Å². The van der Waals surface area contributed by atoms with Crippen molar-refractivity contribution >= 4 is 15.9 Å². The molecule has 0 amide bonds. The molecule has 0 aromatic carbocycles. The number of halogens is 1. The van der Waals surface area contributed by atoms with Gasteiger partial charge in [0.1, 0.15) is 0 Å². The van der Waals surface area contributed by atoms with Crippen LogP contribution < -0.4 is 0 Å². The second kappa shape index (κ2) is 5.16. The Morgan fingerprint density at radius 3 is 2.77 bits per heavy atom. The molecule has 1 rings (SSSR count). The number of rotatable bonds is 3. The monoisotopic (exact) mass is 245 g/mol. The zero-order valence-corrected chi connectivity index (χ0v) is 10.3. The van der Waals surface area contributed by atoms with Crippen LogP contribution in [0.25, 0.3) is 0 Å². The van der Waals surface area contributed by atoms with Gasteiger partial charge < -0.3 is 0 Å². The Bertz CT molecular complexity index is 179. The van der Waals surface area contributed by atoms with Crippen molar-refractivity contribution < 1.29 is 0 Å². The van der Waals surface area contributed by atoms with E-state index in [0.717, 1.165) is 23.0 Å². The van der Waals surface area contributed by atoms with Crippen LogP contribution in [0.4, 0.5) is 0 Å². The van der Waals surface area contributed by atoms with E-state index in [1.165, 1.54) is 25.8 Å². The molecule has 0 aromatic heterocycles. The molecule has 2 heteroatoms. The fraction of sp³-hybridized carbons (Fsp3) is 0.818. The molecule has 76 valence electrons. The molecule has 1 nitrogen and oxygen atoms in total. The van der Waals surface area contributed by atoms with Crippen LogP contribution in [-0.4, -0.2) is 24.0 Å². The van der Waals surface area contributed by atoms with E-state index in [1.54, 1.807) is 0 Å². The first-order valence-electron chi connectivity index (χ1n) is 5.20. The third kappa shape index (κ3) is 3.43. The van der Waals surface area contributed by atoms with Gasteiger partial charge in [0.25, 0.3) is 0 Å². The van der Waals surface area contributed by atoms with Gasteiger partial charge in [-0.3, -0.25) is 4.90 Å². The summed E-state index contributed by atoms with van der Waals surface area (Å²) in [6, 6.07) is 0.733. The van der Waals surface area contributed by atoms with Crippen LogP contribution >= 0.6 is 15.9 Å². The van der Waals surface area contributed by atoms with E-state index in [1.807, 2.05) is 0 Å². The number of nitrogens with zero attached hydrogens (tertiary/aromatic N) is 1. The van der Waals surface area contributed by atoms with Crippen LogP contribution in [0.1, 0.15) is 33.1 Å². The summed E-state index contributed by atoms with van der Waals surface area (Å²) in [5.41, 5.74) is 0. The Hall–Kier alpha value is 0.180. The quantitative estimate of drug-likeness (QED) is 0.737. The molecule has 13 heavy (non-hydrogen) atoms. The largest absolute Gasteiger partial charge is 0.296 e. The molecule has 0 bridgehead atoms. The highest BCUT2D eigenvalue weighted by Crippen LogP contribution is 2.24. The zero-order chi connectivity index (χ0) is 9.84. The van der Waals surface area contributed by atoms with Gasteiger partial charge in [0, 0.05) is 23.6 Å². The zero-order valence-electron chi connectivity index (χ0n) is 8.72. The van der Waals surface area contributed by atoms with Crippen LogP contribution in [0, 0.1) is 5.92 Å². The molecule has 1 aliphatic heterocycles. The van der Waals surface area contributed by atoms with Gasteiger partial charge in [0.05, 0.1) is 0 Å². The smallest absolute Gasteiger partial charge is 0.0296 e. The summed E-state index contributed by atoms with van der Waals surface area (Å²) < 4.78 is 1.11. The summed E-state index contributed by atoms with van der Waals surface area (Å²) in [5.74, 6) is 0.906. The molecule has 0 unspecified atom stereocenters. The Balaban J connectivity index is 2.44. The van der Waals surface area contributed by atoms with Crippen LogP contribution in [-0.2, 0) is 0 Å². The highest BCUT2D eigenvalue weighted by molar-refractivity contribution is 9.11. The topological polar surface area (TPSA) is 3.24 Å².